The first-order valence-corrected chi connectivity index (χ1v) is 10.2. The third kappa shape index (κ3) is 5.16. The highest BCUT2D eigenvalue weighted by Crippen LogP contribution is 2.34. The maximum Gasteiger partial charge on any atom is 0.230 e. The zero-order valence-electron chi connectivity index (χ0n) is 15.8. The van der Waals surface area contributed by atoms with Gasteiger partial charge in [-0.2, -0.15) is 0 Å². The summed E-state index contributed by atoms with van der Waals surface area (Å²) in [4.78, 5) is 12.9. The number of benzene rings is 2. The molecular weight excluding hydrogens is 384 g/mol. The van der Waals surface area contributed by atoms with Crippen LogP contribution >= 0.6 is 11.8 Å². The van der Waals surface area contributed by atoms with Crippen LogP contribution in [0.3, 0.4) is 0 Å². The van der Waals surface area contributed by atoms with E-state index in [0.29, 0.717) is 29.6 Å². The second-order valence-electron chi connectivity index (χ2n) is 6.91. The molecule has 0 bridgehead atoms. The van der Waals surface area contributed by atoms with Crippen molar-refractivity contribution in [3.63, 3.8) is 0 Å². The van der Waals surface area contributed by atoms with Crippen molar-refractivity contribution in [3.05, 3.63) is 53.6 Å². The van der Waals surface area contributed by atoms with E-state index in [1.807, 2.05) is 32.0 Å². The molecule has 28 heavy (non-hydrogen) atoms. The van der Waals surface area contributed by atoms with Gasteiger partial charge in [0.1, 0.15) is 0 Å². The molecule has 1 heterocycles. The van der Waals surface area contributed by atoms with Gasteiger partial charge in [-0.05, 0) is 41.8 Å². The van der Waals surface area contributed by atoms with Gasteiger partial charge in [0.05, 0.1) is 25.0 Å². The SMILES string of the molecule is CC(C)C(NC(=O)CSc1ccc(F)c(F)c1)c1ccc2c(c1)OCCCO2. The molecule has 0 saturated carbocycles. The molecule has 1 aliphatic rings. The van der Waals surface area contributed by atoms with E-state index in [-0.39, 0.29) is 23.6 Å². The third-order valence-electron chi connectivity index (χ3n) is 4.37. The normalized spacial score (nSPS) is 14.5. The molecule has 0 spiro atoms. The maximum atomic E-state index is 13.3. The fraction of sp³-hybridized carbons (Fsp3) is 0.381. The van der Waals surface area contributed by atoms with E-state index in [1.165, 1.54) is 6.07 Å². The Balaban J connectivity index is 1.66. The topological polar surface area (TPSA) is 47.6 Å². The van der Waals surface area contributed by atoms with E-state index in [4.69, 9.17) is 9.47 Å². The fourth-order valence-corrected chi connectivity index (χ4v) is 3.67. The number of carbonyl (C=O) groups excluding carboxylic acids is 1. The lowest BCUT2D eigenvalue weighted by atomic mass is 9.95. The van der Waals surface area contributed by atoms with Crippen LogP contribution in [0.15, 0.2) is 41.3 Å². The van der Waals surface area contributed by atoms with Gasteiger partial charge in [-0.15, -0.1) is 11.8 Å². The summed E-state index contributed by atoms with van der Waals surface area (Å²) in [7, 11) is 0. The Labute approximate surface area is 167 Å². The predicted octanol–water partition coefficient (Wildman–Crippen LogP) is 4.73. The average Bonchev–Trinajstić information content (AvgIpc) is 2.91. The second-order valence-corrected chi connectivity index (χ2v) is 7.96. The van der Waals surface area contributed by atoms with E-state index >= 15 is 0 Å². The monoisotopic (exact) mass is 407 g/mol. The van der Waals surface area contributed by atoms with Gasteiger partial charge < -0.3 is 14.8 Å². The van der Waals surface area contributed by atoms with Crippen LogP contribution in [-0.4, -0.2) is 24.9 Å². The van der Waals surface area contributed by atoms with Crippen LogP contribution in [0.1, 0.15) is 31.9 Å². The molecule has 3 rings (SSSR count). The first kappa shape index (κ1) is 20.5. The first-order chi connectivity index (χ1) is 13.4. The highest BCUT2D eigenvalue weighted by molar-refractivity contribution is 8.00. The lowest BCUT2D eigenvalue weighted by Gasteiger charge is -2.24. The summed E-state index contributed by atoms with van der Waals surface area (Å²) in [5.41, 5.74) is 0.936. The van der Waals surface area contributed by atoms with Crippen LogP contribution in [0.25, 0.3) is 0 Å². The van der Waals surface area contributed by atoms with Gasteiger partial charge in [0, 0.05) is 11.3 Å². The van der Waals surface area contributed by atoms with Gasteiger partial charge in [-0.1, -0.05) is 19.9 Å². The molecular formula is C21H23F2NO3S. The van der Waals surface area contributed by atoms with Crippen LogP contribution in [0, 0.1) is 17.6 Å². The highest BCUT2D eigenvalue weighted by atomic mass is 32.2. The van der Waals surface area contributed by atoms with Gasteiger partial charge in [-0.3, -0.25) is 4.79 Å². The van der Waals surface area contributed by atoms with Gasteiger partial charge in [0.2, 0.25) is 5.91 Å². The van der Waals surface area contributed by atoms with E-state index < -0.39 is 11.6 Å². The average molecular weight is 407 g/mol. The molecule has 7 heteroatoms. The lowest BCUT2D eigenvalue weighted by molar-refractivity contribution is -0.119. The number of nitrogens with one attached hydrogen (secondary N) is 1. The standard InChI is InChI=1S/C21H23F2NO3S/c1-13(2)21(14-4-7-18-19(10-14)27-9-3-8-26-18)24-20(25)12-28-15-5-6-16(22)17(23)11-15/h4-7,10-11,13,21H,3,8-9,12H2,1-2H3,(H,24,25). The van der Waals surface area contributed by atoms with Crippen molar-refractivity contribution in [2.45, 2.75) is 31.2 Å². The zero-order valence-corrected chi connectivity index (χ0v) is 16.7. The molecule has 2 aromatic carbocycles. The summed E-state index contributed by atoms with van der Waals surface area (Å²) < 4.78 is 37.7. The molecule has 0 aliphatic carbocycles. The minimum Gasteiger partial charge on any atom is -0.490 e. The summed E-state index contributed by atoms with van der Waals surface area (Å²) in [6.45, 7) is 5.27. The number of carbonyl (C=O) groups is 1. The van der Waals surface area contributed by atoms with Crippen LogP contribution in [0.2, 0.25) is 0 Å². The Bertz CT molecular complexity index is 844. The van der Waals surface area contributed by atoms with Crippen LogP contribution in [0.4, 0.5) is 8.78 Å². The molecule has 0 fully saturated rings. The van der Waals surface area contributed by atoms with E-state index in [0.717, 1.165) is 35.9 Å². The van der Waals surface area contributed by atoms with E-state index in [2.05, 4.69) is 5.32 Å². The van der Waals surface area contributed by atoms with Crippen molar-refractivity contribution in [2.24, 2.45) is 5.92 Å². The molecule has 1 aliphatic heterocycles. The van der Waals surface area contributed by atoms with Crippen LogP contribution in [0.5, 0.6) is 11.5 Å². The van der Waals surface area contributed by atoms with Gasteiger partial charge in [0.25, 0.3) is 0 Å². The minimum absolute atomic E-state index is 0.110. The van der Waals surface area contributed by atoms with Crippen LogP contribution < -0.4 is 14.8 Å². The number of rotatable bonds is 6. The summed E-state index contributed by atoms with van der Waals surface area (Å²) >= 11 is 1.16. The highest BCUT2D eigenvalue weighted by Gasteiger charge is 2.21. The van der Waals surface area contributed by atoms with Gasteiger partial charge in [-0.25, -0.2) is 8.78 Å². The number of hydrogen-bond donors (Lipinski definition) is 1. The molecule has 1 N–H and O–H groups in total. The van der Waals surface area contributed by atoms with Crippen molar-refractivity contribution >= 4 is 17.7 Å². The van der Waals surface area contributed by atoms with Crippen molar-refractivity contribution < 1.29 is 23.0 Å². The van der Waals surface area contributed by atoms with Gasteiger partial charge in [0.15, 0.2) is 23.1 Å². The largest absolute Gasteiger partial charge is 0.490 e. The number of fused-ring (bicyclic) bond motifs is 1. The van der Waals surface area contributed by atoms with Crippen molar-refractivity contribution in [1.29, 1.82) is 0 Å². The van der Waals surface area contributed by atoms with Crippen molar-refractivity contribution in [2.75, 3.05) is 19.0 Å². The fourth-order valence-electron chi connectivity index (χ4n) is 2.94. The van der Waals surface area contributed by atoms with E-state index in [9.17, 15) is 13.6 Å². The van der Waals surface area contributed by atoms with Gasteiger partial charge >= 0.3 is 0 Å². The molecule has 2 aromatic rings. The Kier molecular flexibility index (Phi) is 6.78. The Morgan fingerprint density at radius 1 is 1.07 bits per heavy atom. The lowest BCUT2D eigenvalue weighted by Crippen LogP contribution is -2.33. The molecule has 1 unspecified atom stereocenters. The molecule has 150 valence electrons. The number of hydrogen-bond acceptors (Lipinski definition) is 4. The molecule has 0 aromatic heterocycles. The summed E-state index contributed by atoms with van der Waals surface area (Å²) in [6, 6.07) is 9.12. The second kappa shape index (κ2) is 9.28. The molecule has 0 radical (unpaired) electrons. The summed E-state index contributed by atoms with van der Waals surface area (Å²) in [5.74, 6) is -0.336. The summed E-state index contributed by atoms with van der Waals surface area (Å²) in [6.07, 6.45) is 0.829. The maximum absolute atomic E-state index is 13.3. The summed E-state index contributed by atoms with van der Waals surface area (Å²) in [5, 5.41) is 3.03. The first-order valence-electron chi connectivity index (χ1n) is 9.21. The van der Waals surface area contributed by atoms with Crippen molar-refractivity contribution in [3.8, 4) is 11.5 Å². The number of amides is 1. The van der Waals surface area contributed by atoms with E-state index in [1.54, 1.807) is 0 Å². The Morgan fingerprint density at radius 3 is 2.54 bits per heavy atom. The molecule has 0 saturated heterocycles. The smallest absolute Gasteiger partial charge is 0.230 e. The predicted molar refractivity (Wildman–Crippen MR) is 105 cm³/mol. The number of halogens is 2. The number of thioether (sulfide) groups is 1. The molecule has 1 amide bonds. The Hall–Kier alpha value is -2.28. The third-order valence-corrected chi connectivity index (χ3v) is 5.37. The quantitative estimate of drug-likeness (QED) is 0.703. The minimum atomic E-state index is -0.919. The molecule has 4 nitrogen and oxygen atoms in total. The van der Waals surface area contributed by atoms with Crippen LogP contribution in [-0.2, 0) is 4.79 Å². The molecule has 1 atom stereocenters. The van der Waals surface area contributed by atoms with Crippen molar-refractivity contribution in [1.82, 2.24) is 5.32 Å². The number of ether oxygens (including phenoxy) is 2. The zero-order chi connectivity index (χ0) is 20.1. The Morgan fingerprint density at radius 2 is 1.82 bits per heavy atom.